The smallest absolute Gasteiger partial charge is 0.240 e. The topological polar surface area (TPSA) is 84.0 Å². The average Bonchev–Trinajstić information content (AvgIpc) is 3.41. The normalized spacial score (nSPS) is 23.5. The molecular weight excluding hydrogens is 468 g/mol. The van der Waals surface area contributed by atoms with Crippen molar-refractivity contribution in [2.45, 2.75) is 19.0 Å². The Balaban J connectivity index is 1.45. The van der Waals surface area contributed by atoms with Crippen molar-refractivity contribution in [2.75, 3.05) is 16.9 Å². The van der Waals surface area contributed by atoms with Crippen LogP contribution in [0.3, 0.4) is 0 Å². The van der Waals surface area contributed by atoms with E-state index in [-0.39, 0.29) is 17.5 Å². The number of hydrogen-bond acceptors (Lipinski definition) is 6. The summed E-state index contributed by atoms with van der Waals surface area (Å²) in [4.78, 5) is 56.6. The van der Waals surface area contributed by atoms with Crippen LogP contribution in [0.1, 0.15) is 33.2 Å². The van der Waals surface area contributed by atoms with Crippen LogP contribution in [0.2, 0.25) is 0 Å². The third-order valence-electron chi connectivity index (χ3n) is 7.59. The van der Waals surface area contributed by atoms with Gasteiger partial charge in [-0.25, -0.2) is 4.90 Å². The third-order valence-corrected chi connectivity index (χ3v) is 7.59. The molecule has 184 valence electrons. The standard InChI is InChI=1S/C30H24N2O5/c1-17(33)18-7-12-21(13-8-18)31-29(35)25-24-16-11-19-5-3-4-6-23(19)32(24)27(26(25)30(31)36)28(34)20-9-14-22(37-2)15-10-20/h3-16,24-27H,1-2H3/t24-,25+,26+,27-/m0/s1. The molecule has 2 amide bonds. The zero-order chi connectivity index (χ0) is 25.8. The lowest BCUT2D eigenvalue weighted by Gasteiger charge is -2.36. The maximum Gasteiger partial charge on any atom is 0.240 e. The molecule has 3 aromatic carbocycles. The van der Waals surface area contributed by atoms with Crippen molar-refractivity contribution in [3.63, 3.8) is 0 Å². The molecule has 0 saturated carbocycles. The van der Waals surface area contributed by atoms with Crippen molar-refractivity contribution < 1.29 is 23.9 Å². The van der Waals surface area contributed by atoms with Crippen LogP contribution in [0.5, 0.6) is 5.75 Å². The SMILES string of the molecule is COc1ccc(C(=O)[C@@H]2[C@@H]3C(=O)N(c4ccc(C(C)=O)cc4)C(=O)[C@@H]3[C@@H]3C=Cc4ccccc4N23)cc1. The Morgan fingerprint density at radius 1 is 0.811 bits per heavy atom. The van der Waals surface area contributed by atoms with E-state index in [1.807, 2.05) is 41.3 Å². The van der Waals surface area contributed by atoms with E-state index >= 15 is 0 Å². The Morgan fingerprint density at radius 2 is 1.46 bits per heavy atom. The maximum absolute atomic E-state index is 14.0. The number of para-hydroxylation sites is 1. The zero-order valence-corrected chi connectivity index (χ0v) is 20.3. The summed E-state index contributed by atoms with van der Waals surface area (Å²) in [6.07, 6.45) is 3.88. The van der Waals surface area contributed by atoms with Gasteiger partial charge in [-0.15, -0.1) is 0 Å². The summed E-state index contributed by atoms with van der Waals surface area (Å²) in [5.74, 6) is -2.01. The summed E-state index contributed by atoms with van der Waals surface area (Å²) in [6, 6.07) is 19.6. The third kappa shape index (κ3) is 3.42. The number of methoxy groups -OCH3 is 1. The number of ether oxygens (including phenoxy) is 1. The number of imide groups is 1. The lowest BCUT2D eigenvalue weighted by molar-refractivity contribution is -0.122. The van der Waals surface area contributed by atoms with E-state index in [4.69, 9.17) is 4.74 Å². The molecule has 0 bridgehead atoms. The molecule has 0 unspecified atom stereocenters. The summed E-state index contributed by atoms with van der Waals surface area (Å²) in [6.45, 7) is 1.46. The molecule has 3 heterocycles. The van der Waals surface area contributed by atoms with Crippen molar-refractivity contribution in [1.29, 1.82) is 0 Å². The largest absolute Gasteiger partial charge is 0.497 e. The van der Waals surface area contributed by atoms with Crippen LogP contribution in [-0.4, -0.2) is 42.6 Å². The minimum atomic E-state index is -0.854. The first kappa shape index (κ1) is 22.9. The fourth-order valence-electron chi connectivity index (χ4n) is 5.84. The van der Waals surface area contributed by atoms with Gasteiger partial charge in [0.05, 0.1) is 30.7 Å². The van der Waals surface area contributed by atoms with E-state index < -0.39 is 29.8 Å². The maximum atomic E-state index is 14.0. The molecule has 2 saturated heterocycles. The van der Waals surface area contributed by atoms with Gasteiger partial charge < -0.3 is 9.64 Å². The van der Waals surface area contributed by atoms with Crippen LogP contribution in [0.15, 0.2) is 78.9 Å². The number of carbonyl (C=O) groups excluding carboxylic acids is 4. The number of carbonyl (C=O) groups is 4. The predicted molar refractivity (Wildman–Crippen MR) is 139 cm³/mol. The van der Waals surface area contributed by atoms with Gasteiger partial charge in [0, 0.05) is 16.8 Å². The number of ketones is 2. The summed E-state index contributed by atoms with van der Waals surface area (Å²) in [5.41, 5.74) is 3.10. The number of fused-ring (bicyclic) bond motifs is 5. The summed E-state index contributed by atoms with van der Waals surface area (Å²) < 4.78 is 5.24. The molecule has 3 aliphatic heterocycles. The second-order valence-corrected chi connectivity index (χ2v) is 9.52. The van der Waals surface area contributed by atoms with E-state index in [0.717, 1.165) is 11.3 Å². The number of benzene rings is 3. The first-order valence-corrected chi connectivity index (χ1v) is 12.1. The number of nitrogens with zero attached hydrogens (tertiary/aromatic N) is 2. The second-order valence-electron chi connectivity index (χ2n) is 9.52. The molecule has 0 N–H and O–H groups in total. The first-order chi connectivity index (χ1) is 17.9. The highest BCUT2D eigenvalue weighted by Gasteiger charge is 2.64. The molecular formula is C30H24N2O5. The van der Waals surface area contributed by atoms with Crippen molar-refractivity contribution in [1.82, 2.24) is 0 Å². The molecule has 0 radical (unpaired) electrons. The molecule has 37 heavy (non-hydrogen) atoms. The zero-order valence-electron chi connectivity index (χ0n) is 20.3. The van der Waals surface area contributed by atoms with Crippen LogP contribution >= 0.6 is 0 Å². The van der Waals surface area contributed by atoms with Gasteiger partial charge >= 0.3 is 0 Å². The van der Waals surface area contributed by atoms with Crippen LogP contribution in [0.25, 0.3) is 6.08 Å². The lowest BCUT2D eigenvalue weighted by Crippen LogP contribution is -2.48. The molecule has 7 heteroatoms. The van der Waals surface area contributed by atoms with Crippen LogP contribution in [-0.2, 0) is 9.59 Å². The molecule has 0 spiro atoms. The van der Waals surface area contributed by atoms with E-state index in [9.17, 15) is 19.2 Å². The number of anilines is 2. The van der Waals surface area contributed by atoms with Crippen molar-refractivity contribution in [2.24, 2.45) is 11.8 Å². The van der Waals surface area contributed by atoms with Crippen LogP contribution in [0, 0.1) is 11.8 Å². The fourth-order valence-corrected chi connectivity index (χ4v) is 5.84. The first-order valence-electron chi connectivity index (χ1n) is 12.1. The highest BCUT2D eigenvalue weighted by Crippen LogP contribution is 2.49. The van der Waals surface area contributed by atoms with Gasteiger partial charge in [0.25, 0.3) is 0 Å². The number of amides is 2. The highest BCUT2D eigenvalue weighted by molar-refractivity contribution is 6.25. The molecule has 0 aliphatic carbocycles. The molecule has 3 aromatic rings. The van der Waals surface area contributed by atoms with Gasteiger partial charge in [-0.3, -0.25) is 19.2 Å². The lowest BCUT2D eigenvalue weighted by atomic mass is 9.86. The molecule has 6 rings (SSSR count). The second kappa shape index (κ2) is 8.55. The highest BCUT2D eigenvalue weighted by atomic mass is 16.5. The molecule has 0 aromatic heterocycles. The van der Waals surface area contributed by atoms with Gasteiger partial charge in [0.1, 0.15) is 11.8 Å². The molecule has 7 nitrogen and oxygen atoms in total. The van der Waals surface area contributed by atoms with E-state index in [0.29, 0.717) is 22.6 Å². The summed E-state index contributed by atoms with van der Waals surface area (Å²) in [5, 5.41) is 0. The van der Waals surface area contributed by atoms with Gasteiger partial charge in [-0.05, 0) is 67.1 Å². The Bertz CT molecular complexity index is 1470. The summed E-state index contributed by atoms with van der Waals surface area (Å²) in [7, 11) is 1.56. The van der Waals surface area contributed by atoms with Crippen molar-refractivity contribution in [3.8, 4) is 5.75 Å². The van der Waals surface area contributed by atoms with Gasteiger partial charge in [-0.1, -0.05) is 30.4 Å². The van der Waals surface area contributed by atoms with E-state index in [1.165, 1.54) is 11.8 Å². The van der Waals surface area contributed by atoms with Crippen molar-refractivity contribution >= 4 is 40.8 Å². The molecule has 2 fully saturated rings. The van der Waals surface area contributed by atoms with Gasteiger partial charge in [0.2, 0.25) is 11.8 Å². The number of rotatable bonds is 5. The summed E-state index contributed by atoms with van der Waals surface area (Å²) >= 11 is 0. The number of hydrogen-bond donors (Lipinski definition) is 0. The minimum absolute atomic E-state index is 0.103. The Kier molecular flexibility index (Phi) is 5.30. The average molecular weight is 493 g/mol. The number of Topliss-reactive ketones (excluding diaryl/α,β-unsaturated/α-hetero) is 2. The molecule has 3 aliphatic rings. The van der Waals surface area contributed by atoms with E-state index in [2.05, 4.69) is 0 Å². The van der Waals surface area contributed by atoms with Gasteiger partial charge in [0.15, 0.2) is 11.6 Å². The van der Waals surface area contributed by atoms with Gasteiger partial charge in [-0.2, -0.15) is 0 Å². The van der Waals surface area contributed by atoms with Crippen LogP contribution in [0.4, 0.5) is 11.4 Å². The predicted octanol–water partition coefficient (Wildman–Crippen LogP) is 4.17. The quantitative estimate of drug-likeness (QED) is 0.393. The van der Waals surface area contributed by atoms with E-state index in [1.54, 1.807) is 55.6 Å². The van der Waals surface area contributed by atoms with Crippen molar-refractivity contribution in [3.05, 3.63) is 95.6 Å². The molecule has 4 atom stereocenters. The Morgan fingerprint density at radius 3 is 2.14 bits per heavy atom. The Hall–Kier alpha value is -4.52. The fraction of sp³-hybridized carbons (Fsp3) is 0.200. The minimum Gasteiger partial charge on any atom is -0.497 e. The monoisotopic (exact) mass is 492 g/mol. The van der Waals surface area contributed by atoms with Crippen LogP contribution < -0.4 is 14.5 Å². The Labute approximate surface area is 213 Å².